The number of methoxy groups -OCH3 is 1. The molecular weight excluding hydrogens is 482 g/mol. The largest absolute Gasteiger partial charge is 0.497 e. The minimum atomic E-state index is -4.08. The first-order chi connectivity index (χ1) is 16.4. The maximum Gasteiger partial charge on any atom is 0.264 e. The molecule has 0 unspecified atom stereocenters. The minimum absolute atomic E-state index is 0.0000823. The minimum Gasteiger partial charge on any atom is -0.497 e. The van der Waals surface area contributed by atoms with Gasteiger partial charge < -0.3 is 14.2 Å². The lowest BCUT2D eigenvalue weighted by Gasteiger charge is -2.23. The molecule has 0 fully saturated rings. The lowest BCUT2D eigenvalue weighted by molar-refractivity contribution is -0.119. The second kappa shape index (κ2) is 10.0. The second-order valence-electron chi connectivity index (χ2n) is 7.07. The van der Waals surface area contributed by atoms with Crippen molar-refractivity contribution in [1.29, 1.82) is 0 Å². The molecule has 0 saturated carbocycles. The van der Waals surface area contributed by atoms with E-state index in [4.69, 9.17) is 25.8 Å². The Hall–Kier alpha value is -3.76. The molecule has 1 aliphatic heterocycles. The number of benzene rings is 3. The van der Waals surface area contributed by atoms with Gasteiger partial charge in [0.2, 0.25) is 6.79 Å². The molecule has 11 heteroatoms. The van der Waals surface area contributed by atoms with Crippen LogP contribution in [0.15, 0.2) is 76.7 Å². The quantitative estimate of drug-likeness (QED) is 0.374. The summed E-state index contributed by atoms with van der Waals surface area (Å²) in [4.78, 5) is 12.6. The number of rotatable bonds is 8. The zero-order valence-electron chi connectivity index (χ0n) is 18.0. The molecule has 1 amide bonds. The van der Waals surface area contributed by atoms with E-state index in [1.165, 1.54) is 49.7 Å². The summed E-state index contributed by atoms with van der Waals surface area (Å²) in [5.74, 6) is 1.08. The molecule has 0 bridgehead atoms. The molecule has 176 valence electrons. The van der Waals surface area contributed by atoms with Crippen molar-refractivity contribution < 1.29 is 27.4 Å². The predicted octanol–water partition coefficient (Wildman–Crippen LogP) is 3.42. The van der Waals surface area contributed by atoms with E-state index in [1.54, 1.807) is 30.3 Å². The molecule has 1 heterocycles. The Morgan fingerprint density at radius 1 is 1.09 bits per heavy atom. The molecule has 3 aromatic rings. The Kier molecular flexibility index (Phi) is 6.90. The molecule has 1 N–H and O–H groups in total. The fraction of sp³-hybridized carbons (Fsp3) is 0.130. The van der Waals surface area contributed by atoms with E-state index in [1.807, 2.05) is 0 Å². The van der Waals surface area contributed by atoms with Crippen LogP contribution in [0.2, 0.25) is 5.02 Å². The van der Waals surface area contributed by atoms with E-state index >= 15 is 0 Å². The van der Waals surface area contributed by atoms with Crippen LogP contribution in [0.5, 0.6) is 17.2 Å². The number of ether oxygens (including phenoxy) is 3. The van der Waals surface area contributed by atoms with Gasteiger partial charge in [-0.2, -0.15) is 5.10 Å². The summed E-state index contributed by atoms with van der Waals surface area (Å²) in [6.07, 6.45) is 1.42. The van der Waals surface area contributed by atoms with Crippen LogP contribution in [-0.4, -0.2) is 41.0 Å². The van der Waals surface area contributed by atoms with Crippen LogP contribution in [0, 0.1) is 0 Å². The summed E-state index contributed by atoms with van der Waals surface area (Å²) in [7, 11) is -2.60. The first kappa shape index (κ1) is 23.4. The van der Waals surface area contributed by atoms with Gasteiger partial charge in [0.15, 0.2) is 11.5 Å². The third kappa shape index (κ3) is 5.24. The van der Waals surface area contributed by atoms with Crippen molar-refractivity contribution in [3.63, 3.8) is 0 Å². The highest BCUT2D eigenvalue weighted by atomic mass is 35.5. The number of nitrogens with one attached hydrogen (secondary N) is 1. The van der Waals surface area contributed by atoms with Crippen LogP contribution < -0.4 is 23.9 Å². The van der Waals surface area contributed by atoms with Gasteiger partial charge in [-0.25, -0.2) is 13.8 Å². The van der Waals surface area contributed by atoms with Crippen LogP contribution in [-0.2, 0) is 14.8 Å². The monoisotopic (exact) mass is 501 g/mol. The molecule has 0 spiro atoms. The Morgan fingerprint density at radius 2 is 1.79 bits per heavy atom. The second-order valence-corrected chi connectivity index (χ2v) is 9.37. The van der Waals surface area contributed by atoms with Gasteiger partial charge in [0.1, 0.15) is 12.3 Å². The van der Waals surface area contributed by atoms with E-state index in [0.717, 1.165) is 4.31 Å². The summed E-state index contributed by atoms with van der Waals surface area (Å²) in [6.45, 7) is -0.357. The highest BCUT2D eigenvalue weighted by Crippen LogP contribution is 2.32. The number of hydrogen-bond donors (Lipinski definition) is 1. The summed E-state index contributed by atoms with van der Waals surface area (Å²) in [6, 6.07) is 17.2. The SMILES string of the molecule is COc1ccc(S(=O)(=O)N(CC(=O)N/N=C/c2ccc3c(c2)OCO3)c2ccc(Cl)cc2)cc1. The number of carbonyl (C=O) groups excluding carboxylic acids is 1. The highest BCUT2D eigenvalue weighted by Gasteiger charge is 2.27. The highest BCUT2D eigenvalue weighted by molar-refractivity contribution is 7.92. The Labute approximate surface area is 201 Å². The zero-order chi connectivity index (χ0) is 24.1. The number of carbonyl (C=O) groups is 1. The van der Waals surface area contributed by atoms with Crippen molar-refractivity contribution >= 4 is 39.4 Å². The van der Waals surface area contributed by atoms with Crippen molar-refractivity contribution in [3.8, 4) is 17.2 Å². The molecule has 3 aromatic carbocycles. The van der Waals surface area contributed by atoms with Gasteiger partial charge in [-0.05, 0) is 72.3 Å². The topological polar surface area (TPSA) is 107 Å². The third-order valence-electron chi connectivity index (χ3n) is 4.85. The van der Waals surface area contributed by atoms with Crippen molar-refractivity contribution in [2.75, 3.05) is 24.8 Å². The normalized spacial score (nSPS) is 12.5. The van der Waals surface area contributed by atoms with E-state index in [2.05, 4.69) is 10.5 Å². The van der Waals surface area contributed by atoms with Crippen molar-refractivity contribution in [1.82, 2.24) is 5.43 Å². The predicted molar refractivity (Wildman–Crippen MR) is 127 cm³/mol. The number of halogens is 1. The Morgan fingerprint density at radius 3 is 2.50 bits per heavy atom. The van der Waals surface area contributed by atoms with Crippen molar-refractivity contribution in [2.45, 2.75) is 4.90 Å². The molecule has 4 rings (SSSR count). The number of anilines is 1. The van der Waals surface area contributed by atoms with Gasteiger partial charge in [-0.1, -0.05) is 11.6 Å². The average molecular weight is 502 g/mol. The summed E-state index contributed by atoms with van der Waals surface area (Å²) in [5, 5.41) is 4.36. The smallest absolute Gasteiger partial charge is 0.264 e. The first-order valence-corrected chi connectivity index (χ1v) is 11.8. The summed E-state index contributed by atoms with van der Waals surface area (Å²) >= 11 is 5.95. The van der Waals surface area contributed by atoms with Crippen molar-refractivity contribution in [3.05, 3.63) is 77.3 Å². The maximum atomic E-state index is 13.4. The third-order valence-corrected chi connectivity index (χ3v) is 6.89. The van der Waals surface area contributed by atoms with Crippen LogP contribution in [0.1, 0.15) is 5.56 Å². The molecule has 0 aromatic heterocycles. The van der Waals surface area contributed by atoms with E-state index in [-0.39, 0.29) is 17.4 Å². The zero-order valence-corrected chi connectivity index (χ0v) is 19.5. The standard InChI is InChI=1S/C23H20ClN3O6S/c1-31-19-7-9-20(10-8-19)34(29,30)27(18-5-3-17(24)4-6-18)14-23(28)26-25-13-16-2-11-21-22(12-16)33-15-32-21/h2-13H,14-15H2,1H3,(H,26,28)/b25-13+. The van der Waals surface area contributed by atoms with Gasteiger partial charge in [-0.15, -0.1) is 0 Å². The van der Waals surface area contributed by atoms with Gasteiger partial charge >= 0.3 is 0 Å². The first-order valence-electron chi connectivity index (χ1n) is 10.0. The number of sulfonamides is 1. The molecule has 34 heavy (non-hydrogen) atoms. The van der Waals surface area contributed by atoms with E-state index in [9.17, 15) is 13.2 Å². The van der Waals surface area contributed by atoms with E-state index in [0.29, 0.717) is 27.8 Å². The van der Waals surface area contributed by atoms with Crippen molar-refractivity contribution in [2.24, 2.45) is 5.10 Å². The maximum absolute atomic E-state index is 13.4. The molecule has 0 atom stereocenters. The molecule has 1 aliphatic rings. The fourth-order valence-electron chi connectivity index (χ4n) is 3.14. The van der Waals surface area contributed by atoms with Gasteiger partial charge in [0.25, 0.3) is 15.9 Å². The lowest BCUT2D eigenvalue weighted by atomic mass is 10.2. The lowest BCUT2D eigenvalue weighted by Crippen LogP contribution is -2.39. The molecule has 0 aliphatic carbocycles. The van der Waals surface area contributed by atoms with Crippen LogP contribution in [0.25, 0.3) is 0 Å². The number of hydrogen-bond acceptors (Lipinski definition) is 7. The van der Waals surface area contributed by atoms with Gasteiger partial charge in [0.05, 0.1) is 23.9 Å². The summed E-state index contributed by atoms with van der Waals surface area (Å²) in [5.41, 5.74) is 3.30. The molecule has 0 saturated heterocycles. The molecule has 0 radical (unpaired) electrons. The van der Waals surface area contributed by atoms with Gasteiger partial charge in [-0.3, -0.25) is 9.10 Å². The van der Waals surface area contributed by atoms with Gasteiger partial charge in [0, 0.05) is 5.02 Å². The number of hydrazone groups is 1. The number of amides is 1. The number of nitrogens with zero attached hydrogens (tertiary/aromatic N) is 2. The van der Waals surface area contributed by atoms with Crippen LogP contribution >= 0.6 is 11.6 Å². The Bertz CT molecular complexity index is 1310. The average Bonchev–Trinajstić information content (AvgIpc) is 3.31. The van der Waals surface area contributed by atoms with E-state index < -0.39 is 22.5 Å². The Balaban J connectivity index is 1.53. The fourth-order valence-corrected chi connectivity index (χ4v) is 4.68. The van der Waals surface area contributed by atoms with Crippen LogP contribution in [0.4, 0.5) is 5.69 Å². The molecule has 9 nitrogen and oxygen atoms in total. The molecular formula is C23H20ClN3O6S. The number of fused-ring (bicyclic) bond motifs is 1. The summed E-state index contributed by atoms with van der Waals surface area (Å²) < 4.78 is 43.4. The van der Waals surface area contributed by atoms with Crippen LogP contribution in [0.3, 0.4) is 0 Å².